The van der Waals surface area contributed by atoms with Gasteiger partial charge >= 0.3 is 0 Å². The molecule has 1 saturated heterocycles. The number of thiophene rings is 1. The van der Waals surface area contributed by atoms with Gasteiger partial charge in [-0.2, -0.15) is 0 Å². The average molecular weight is 287 g/mol. The van der Waals surface area contributed by atoms with Gasteiger partial charge in [0.2, 0.25) is 5.91 Å². The minimum atomic E-state index is -0.545. The summed E-state index contributed by atoms with van der Waals surface area (Å²) in [4.78, 5) is 31.1. The smallest absolute Gasteiger partial charge is 0.256 e. The lowest BCUT2D eigenvalue weighted by Gasteiger charge is -2.34. The first-order valence-electron chi connectivity index (χ1n) is 6.29. The lowest BCUT2D eigenvalue weighted by molar-refractivity contribution is -0.127. The normalized spacial score (nSPS) is 18.7. The molecular weight excluding hydrogens is 274 g/mol. The van der Waals surface area contributed by atoms with Crippen molar-refractivity contribution >= 4 is 23.2 Å². The summed E-state index contributed by atoms with van der Waals surface area (Å²) < 4.78 is 0. The van der Waals surface area contributed by atoms with E-state index in [0.29, 0.717) is 18.7 Å². The summed E-state index contributed by atoms with van der Waals surface area (Å²) in [6, 6.07) is 6.65. The van der Waals surface area contributed by atoms with Crippen LogP contribution < -0.4 is 5.32 Å². The fraction of sp³-hybridized carbons (Fsp3) is 0.214. The van der Waals surface area contributed by atoms with Crippen molar-refractivity contribution in [2.75, 3.05) is 13.1 Å². The van der Waals surface area contributed by atoms with E-state index in [2.05, 4.69) is 10.3 Å². The second-order valence-corrected chi connectivity index (χ2v) is 5.43. The molecule has 1 aliphatic rings. The molecular formula is C14H13N3O2S. The highest BCUT2D eigenvalue weighted by atomic mass is 32.1. The van der Waals surface area contributed by atoms with Gasteiger partial charge in [0.1, 0.15) is 6.04 Å². The number of pyridine rings is 1. The van der Waals surface area contributed by atoms with Gasteiger partial charge in [0.25, 0.3) is 5.91 Å². The molecule has 1 unspecified atom stereocenters. The van der Waals surface area contributed by atoms with Gasteiger partial charge in [-0.15, -0.1) is 11.3 Å². The molecule has 1 atom stereocenters. The van der Waals surface area contributed by atoms with Gasteiger partial charge in [-0.3, -0.25) is 14.6 Å². The topological polar surface area (TPSA) is 62.3 Å². The maximum absolute atomic E-state index is 12.6. The number of hydrogen-bond donors (Lipinski definition) is 1. The minimum Gasteiger partial charge on any atom is -0.352 e. The van der Waals surface area contributed by atoms with Gasteiger partial charge in [-0.05, 0) is 23.6 Å². The Morgan fingerprint density at radius 3 is 3.00 bits per heavy atom. The Labute approximate surface area is 120 Å². The molecule has 2 amide bonds. The largest absolute Gasteiger partial charge is 0.352 e. The van der Waals surface area contributed by atoms with E-state index in [1.54, 1.807) is 23.2 Å². The first-order chi connectivity index (χ1) is 9.77. The first kappa shape index (κ1) is 12.8. The van der Waals surface area contributed by atoms with Gasteiger partial charge in [0.05, 0.1) is 5.56 Å². The molecule has 0 bridgehead atoms. The summed E-state index contributed by atoms with van der Waals surface area (Å²) in [6.07, 6.45) is 3.15. The predicted molar refractivity (Wildman–Crippen MR) is 75.3 cm³/mol. The zero-order valence-electron chi connectivity index (χ0n) is 10.7. The van der Waals surface area contributed by atoms with E-state index in [1.165, 1.54) is 17.5 Å². The zero-order valence-corrected chi connectivity index (χ0v) is 11.5. The molecule has 2 aromatic heterocycles. The Morgan fingerprint density at radius 2 is 2.30 bits per heavy atom. The van der Waals surface area contributed by atoms with Crippen LogP contribution in [0.5, 0.6) is 0 Å². The maximum Gasteiger partial charge on any atom is 0.256 e. The number of amides is 2. The Balaban J connectivity index is 1.93. The minimum absolute atomic E-state index is 0.129. The van der Waals surface area contributed by atoms with Crippen molar-refractivity contribution in [3.8, 4) is 0 Å². The second kappa shape index (κ2) is 5.42. The van der Waals surface area contributed by atoms with Crippen molar-refractivity contribution in [2.45, 2.75) is 6.04 Å². The van der Waals surface area contributed by atoms with E-state index in [4.69, 9.17) is 0 Å². The Morgan fingerprint density at radius 1 is 1.40 bits per heavy atom. The number of rotatable bonds is 2. The lowest BCUT2D eigenvalue weighted by atomic mass is 10.1. The van der Waals surface area contributed by atoms with Crippen LogP contribution in [-0.4, -0.2) is 34.8 Å². The summed E-state index contributed by atoms with van der Waals surface area (Å²) in [5.74, 6) is -0.290. The molecule has 102 valence electrons. The quantitative estimate of drug-likeness (QED) is 0.909. The van der Waals surface area contributed by atoms with Crippen molar-refractivity contribution in [1.82, 2.24) is 15.2 Å². The fourth-order valence-corrected chi connectivity index (χ4v) is 3.10. The van der Waals surface area contributed by atoms with Crippen LogP contribution in [-0.2, 0) is 4.79 Å². The molecule has 0 spiro atoms. The molecule has 0 saturated carbocycles. The Hall–Kier alpha value is -2.21. The van der Waals surface area contributed by atoms with Crippen molar-refractivity contribution in [3.63, 3.8) is 0 Å². The third-order valence-corrected chi connectivity index (χ3v) is 4.12. The molecule has 3 rings (SSSR count). The second-order valence-electron chi connectivity index (χ2n) is 4.45. The molecule has 1 N–H and O–H groups in total. The van der Waals surface area contributed by atoms with Crippen LogP contribution in [0.15, 0.2) is 42.0 Å². The van der Waals surface area contributed by atoms with E-state index in [-0.39, 0.29) is 11.8 Å². The van der Waals surface area contributed by atoms with E-state index < -0.39 is 6.04 Å². The van der Waals surface area contributed by atoms with Crippen molar-refractivity contribution in [3.05, 3.63) is 52.5 Å². The third-order valence-electron chi connectivity index (χ3n) is 3.19. The summed E-state index contributed by atoms with van der Waals surface area (Å²) in [5, 5.41) is 4.72. The van der Waals surface area contributed by atoms with Crippen LogP contribution in [0.4, 0.5) is 0 Å². The molecule has 0 radical (unpaired) electrons. The summed E-state index contributed by atoms with van der Waals surface area (Å²) in [6.45, 7) is 0.981. The van der Waals surface area contributed by atoms with E-state index in [9.17, 15) is 9.59 Å². The molecule has 2 aromatic rings. The SMILES string of the molecule is O=C1NCCN(C(=O)c2cccnc2)C1c1cccs1. The lowest BCUT2D eigenvalue weighted by Crippen LogP contribution is -2.51. The van der Waals surface area contributed by atoms with Crippen LogP contribution >= 0.6 is 11.3 Å². The van der Waals surface area contributed by atoms with Crippen LogP contribution in [0.25, 0.3) is 0 Å². The number of piperazine rings is 1. The Kier molecular flexibility index (Phi) is 3.47. The number of hydrogen-bond acceptors (Lipinski definition) is 4. The molecule has 1 fully saturated rings. The van der Waals surface area contributed by atoms with Gasteiger partial charge in [0, 0.05) is 30.4 Å². The molecule has 6 heteroatoms. The predicted octanol–water partition coefficient (Wildman–Crippen LogP) is 1.46. The van der Waals surface area contributed by atoms with Gasteiger partial charge < -0.3 is 10.2 Å². The molecule has 1 aliphatic heterocycles. The highest BCUT2D eigenvalue weighted by molar-refractivity contribution is 7.10. The van der Waals surface area contributed by atoms with Crippen LogP contribution in [0.1, 0.15) is 21.3 Å². The highest BCUT2D eigenvalue weighted by Crippen LogP contribution is 2.28. The number of nitrogens with zero attached hydrogens (tertiary/aromatic N) is 2. The average Bonchev–Trinajstić information content (AvgIpc) is 3.01. The standard InChI is InChI=1S/C14H13N3O2S/c18-13-12(11-4-2-8-20-11)17(7-6-16-13)14(19)10-3-1-5-15-9-10/h1-5,8-9,12H,6-7H2,(H,16,18). The maximum atomic E-state index is 12.6. The summed E-state index contributed by atoms with van der Waals surface area (Å²) >= 11 is 1.48. The number of aromatic nitrogens is 1. The molecule has 0 aliphatic carbocycles. The van der Waals surface area contributed by atoms with Crippen molar-refractivity contribution < 1.29 is 9.59 Å². The first-order valence-corrected chi connectivity index (χ1v) is 7.17. The molecule has 0 aromatic carbocycles. The van der Waals surface area contributed by atoms with Crippen LogP contribution in [0.3, 0.4) is 0 Å². The third kappa shape index (κ3) is 2.30. The monoisotopic (exact) mass is 287 g/mol. The number of carbonyl (C=O) groups is 2. The van der Waals surface area contributed by atoms with Crippen LogP contribution in [0.2, 0.25) is 0 Å². The summed E-state index contributed by atoms with van der Waals surface area (Å²) in [5.41, 5.74) is 0.503. The fourth-order valence-electron chi connectivity index (χ4n) is 2.27. The molecule has 3 heterocycles. The van der Waals surface area contributed by atoms with Gasteiger partial charge in [-0.1, -0.05) is 6.07 Å². The van der Waals surface area contributed by atoms with E-state index >= 15 is 0 Å². The van der Waals surface area contributed by atoms with Crippen molar-refractivity contribution in [2.24, 2.45) is 0 Å². The van der Waals surface area contributed by atoms with Crippen molar-refractivity contribution in [1.29, 1.82) is 0 Å². The number of carbonyl (C=O) groups excluding carboxylic acids is 2. The highest BCUT2D eigenvalue weighted by Gasteiger charge is 2.35. The zero-order chi connectivity index (χ0) is 13.9. The van der Waals surface area contributed by atoms with Crippen LogP contribution in [0, 0.1) is 0 Å². The number of nitrogens with one attached hydrogen (secondary N) is 1. The van der Waals surface area contributed by atoms with E-state index in [1.807, 2.05) is 17.5 Å². The Bertz CT molecular complexity index is 613. The van der Waals surface area contributed by atoms with E-state index in [0.717, 1.165) is 4.88 Å². The summed E-state index contributed by atoms with van der Waals surface area (Å²) in [7, 11) is 0. The molecule has 5 nitrogen and oxygen atoms in total. The van der Waals surface area contributed by atoms with Gasteiger partial charge in [-0.25, -0.2) is 0 Å². The molecule has 20 heavy (non-hydrogen) atoms. The van der Waals surface area contributed by atoms with Gasteiger partial charge in [0.15, 0.2) is 0 Å².